The van der Waals surface area contributed by atoms with E-state index >= 15 is 0 Å². The lowest BCUT2D eigenvalue weighted by Crippen LogP contribution is -2.35. The third-order valence-electron chi connectivity index (χ3n) is 4.14. The summed E-state index contributed by atoms with van der Waals surface area (Å²) in [6.45, 7) is 3.33. The van der Waals surface area contributed by atoms with Crippen LogP contribution >= 0.6 is 0 Å². The SMILES string of the molecule is CCCCCCNC(=O)N/C(=C/C(N)=O)c1cn(CCc2ccccc2)nn1. The summed E-state index contributed by atoms with van der Waals surface area (Å²) in [7, 11) is 0. The van der Waals surface area contributed by atoms with Gasteiger partial charge in [0.1, 0.15) is 5.69 Å². The summed E-state index contributed by atoms with van der Waals surface area (Å²) in [6.07, 6.45) is 7.87. The van der Waals surface area contributed by atoms with Crippen LogP contribution in [0.5, 0.6) is 0 Å². The van der Waals surface area contributed by atoms with E-state index in [2.05, 4.69) is 27.9 Å². The Balaban J connectivity index is 1.93. The topological polar surface area (TPSA) is 115 Å². The molecule has 0 saturated carbocycles. The van der Waals surface area contributed by atoms with Crippen molar-refractivity contribution < 1.29 is 9.59 Å². The Morgan fingerprint density at radius 3 is 2.68 bits per heavy atom. The van der Waals surface area contributed by atoms with Crippen LogP contribution in [0, 0.1) is 0 Å². The van der Waals surface area contributed by atoms with Crippen LogP contribution in [0.15, 0.2) is 42.6 Å². The number of urea groups is 1. The second kappa shape index (κ2) is 11.5. The molecule has 0 bridgehead atoms. The molecular formula is C20H28N6O2. The van der Waals surface area contributed by atoms with Crippen molar-refractivity contribution in [2.24, 2.45) is 5.73 Å². The molecule has 0 unspecified atom stereocenters. The molecule has 0 fully saturated rings. The Morgan fingerprint density at radius 1 is 1.18 bits per heavy atom. The summed E-state index contributed by atoms with van der Waals surface area (Å²) in [5, 5.41) is 13.5. The molecule has 0 radical (unpaired) electrons. The predicted octanol–water partition coefficient (Wildman–Crippen LogP) is 2.23. The maximum Gasteiger partial charge on any atom is 0.319 e. The molecule has 0 aliphatic carbocycles. The zero-order chi connectivity index (χ0) is 20.2. The van der Waals surface area contributed by atoms with Gasteiger partial charge in [0.2, 0.25) is 5.91 Å². The highest BCUT2D eigenvalue weighted by atomic mass is 16.2. The number of nitrogens with one attached hydrogen (secondary N) is 2. The molecule has 0 aliphatic rings. The van der Waals surface area contributed by atoms with Gasteiger partial charge in [-0.15, -0.1) is 5.10 Å². The average molecular weight is 384 g/mol. The smallest absolute Gasteiger partial charge is 0.319 e. The van der Waals surface area contributed by atoms with Gasteiger partial charge in [-0.05, 0) is 18.4 Å². The molecule has 0 spiro atoms. The van der Waals surface area contributed by atoms with Crippen molar-refractivity contribution in [1.82, 2.24) is 25.6 Å². The number of carbonyl (C=O) groups is 2. The Hall–Kier alpha value is -3.16. The standard InChI is InChI=1S/C20H28N6O2/c1-2-3-4-8-12-22-20(28)23-17(14-19(21)27)18-15-26(25-24-18)13-11-16-9-6-5-7-10-16/h5-7,9-10,14-15H,2-4,8,11-13H2,1H3,(H2,21,27)(H2,22,23,28)/b17-14+. The fourth-order valence-electron chi connectivity index (χ4n) is 2.66. The fourth-order valence-corrected chi connectivity index (χ4v) is 2.66. The Labute approximate surface area is 165 Å². The molecule has 150 valence electrons. The molecule has 1 heterocycles. The number of aromatic nitrogens is 3. The summed E-state index contributed by atoms with van der Waals surface area (Å²) in [6, 6.07) is 9.63. The van der Waals surface area contributed by atoms with E-state index in [0.29, 0.717) is 18.8 Å². The number of unbranched alkanes of at least 4 members (excludes halogenated alkanes) is 3. The molecule has 2 rings (SSSR count). The van der Waals surface area contributed by atoms with Gasteiger partial charge >= 0.3 is 6.03 Å². The molecule has 2 aromatic rings. The minimum Gasteiger partial charge on any atom is -0.366 e. The Morgan fingerprint density at radius 2 is 1.96 bits per heavy atom. The van der Waals surface area contributed by atoms with Gasteiger partial charge in [-0.2, -0.15) is 0 Å². The van der Waals surface area contributed by atoms with Gasteiger partial charge in [-0.1, -0.05) is 61.7 Å². The van der Waals surface area contributed by atoms with E-state index in [0.717, 1.165) is 38.2 Å². The number of primary amides is 1. The van der Waals surface area contributed by atoms with Gasteiger partial charge in [0, 0.05) is 19.2 Å². The van der Waals surface area contributed by atoms with Crippen LogP contribution in [-0.2, 0) is 17.8 Å². The van der Waals surface area contributed by atoms with Crippen molar-refractivity contribution >= 4 is 17.6 Å². The van der Waals surface area contributed by atoms with Crippen LogP contribution in [-0.4, -0.2) is 33.5 Å². The summed E-state index contributed by atoms with van der Waals surface area (Å²) in [5.41, 5.74) is 7.06. The third-order valence-corrected chi connectivity index (χ3v) is 4.14. The van der Waals surface area contributed by atoms with Gasteiger partial charge in [0.05, 0.1) is 11.9 Å². The molecule has 28 heavy (non-hydrogen) atoms. The molecule has 8 heteroatoms. The van der Waals surface area contributed by atoms with Crippen molar-refractivity contribution in [2.75, 3.05) is 6.54 Å². The minimum absolute atomic E-state index is 0.226. The van der Waals surface area contributed by atoms with Crippen LogP contribution in [0.1, 0.15) is 43.9 Å². The number of benzene rings is 1. The van der Waals surface area contributed by atoms with Crippen LogP contribution < -0.4 is 16.4 Å². The molecule has 1 aromatic heterocycles. The van der Waals surface area contributed by atoms with E-state index in [1.165, 1.54) is 5.56 Å². The molecule has 0 atom stereocenters. The number of nitrogens with two attached hydrogens (primary N) is 1. The van der Waals surface area contributed by atoms with Gasteiger partial charge in [-0.25, -0.2) is 4.79 Å². The lowest BCUT2D eigenvalue weighted by molar-refractivity contribution is -0.113. The summed E-state index contributed by atoms with van der Waals surface area (Å²) in [4.78, 5) is 23.4. The number of hydrogen-bond donors (Lipinski definition) is 3. The molecule has 0 saturated heterocycles. The first-order chi connectivity index (χ1) is 13.6. The number of nitrogens with zero attached hydrogens (tertiary/aromatic N) is 3. The second-order valence-electron chi connectivity index (χ2n) is 6.50. The van der Waals surface area contributed by atoms with E-state index in [1.807, 2.05) is 30.3 Å². The van der Waals surface area contributed by atoms with E-state index < -0.39 is 11.9 Å². The van der Waals surface area contributed by atoms with Gasteiger partial charge in [0.25, 0.3) is 0 Å². The minimum atomic E-state index is -0.669. The first-order valence-electron chi connectivity index (χ1n) is 9.59. The average Bonchev–Trinajstić information content (AvgIpc) is 3.15. The van der Waals surface area contributed by atoms with Gasteiger partial charge < -0.3 is 16.4 Å². The number of amides is 3. The van der Waals surface area contributed by atoms with E-state index in [9.17, 15) is 9.59 Å². The monoisotopic (exact) mass is 384 g/mol. The van der Waals surface area contributed by atoms with Crippen LogP contribution in [0.4, 0.5) is 4.79 Å². The largest absolute Gasteiger partial charge is 0.366 e. The number of rotatable bonds is 11. The highest BCUT2D eigenvalue weighted by molar-refractivity contribution is 5.96. The zero-order valence-electron chi connectivity index (χ0n) is 16.2. The van der Waals surface area contributed by atoms with E-state index in [-0.39, 0.29) is 5.70 Å². The van der Waals surface area contributed by atoms with Crippen LogP contribution in [0.3, 0.4) is 0 Å². The van der Waals surface area contributed by atoms with Gasteiger partial charge in [0.15, 0.2) is 0 Å². The van der Waals surface area contributed by atoms with E-state index in [4.69, 9.17) is 5.73 Å². The summed E-state index contributed by atoms with van der Waals surface area (Å²) < 4.78 is 1.67. The molecule has 0 aliphatic heterocycles. The quantitative estimate of drug-likeness (QED) is 0.407. The number of aryl methyl sites for hydroxylation is 2. The highest BCUT2D eigenvalue weighted by Gasteiger charge is 2.12. The zero-order valence-corrected chi connectivity index (χ0v) is 16.2. The first kappa shape index (κ1) is 21.1. The second-order valence-corrected chi connectivity index (χ2v) is 6.50. The molecule has 4 N–H and O–H groups in total. The lowest BCUT2D eigenvalue weighted by atomic mass is 10.1. The summed E-state index contributed by atoms with van der Waals surface area (Å²) >= 11 is 0. The van der Waals surface area contributed by atoms with Crippen LogP contribution in [0.2, 0.25) is 0 Å². The number of hydrogen-bond acceptors (Lipinski definition) is 4. The van der Waals surface area contributed by atoms with Crippen molar-refractivity contribution in [3.8, 4) is 0 Å². The summed E-state index contributed by atoms with van der Waals surface area (Å²) in [5.74, 6) is -0.669. The van der Waals surface area contributed by atoms with Crippen LogP contribution in [0.25, 0.3) is 5.70 Å². The maximum absolute atomic E-state index is 12.1. The first-order valence-corrected chi connectivity index (χ1v) is 9.59. The van der Waals surface area contributed by atoms with Crippen molar-refractivity contribution in [1.29, 1.82) is 0 Å². The third kappa shape index (κ3) is 7.61. The Kier molecular flexibility index (Phi) is 8.71. The molecule has 3 amide bonds. The molecule has 1 aromatic carbocycles. The Bertz CT molecular complexity index is 785. The van der Waals surface area contributed by atoms with Crippen molar-refractivity contribution in [2.45, 2.75) is 45.6 Å². The molecule has 8 nitrogen and oxygen atoms in total. The van der Waals surface area contributed by atoms with Crippen molar-refractivity contribution in [3.05, 3.63) is 53.9 Å². The number of carbonyl (C=O) groups excluding carboxylic acids is 2. The lowest BCUT2D eigenvalue weighted by Gasteiger charge is -2.08. The van der Waals surface area contributed by atoms with Crippen molar-refractivity contribution in [3.63, 3.8) is 0 Å². The maximum atomic E-state index is 12.1. The highest BCUT2D eigenvalue weighted by Crippen LogP contribution is 2.08. The van der Waals surface area contributed by atoms with E-state index in [1.54, 1.807) is 10.9 Å². The predicted molar refractivity (Wildman–Crippen MR) is 108 cm³/mol. The normalized spacial score (nSPS) is 11.2. The molecular weight excluding hydrogens is 356 g/mol. The van der Waals surface area contributed by atoms with Gasteiger partial charge in [-0.3, -0.25) is 9.48 Å². The fraction of sp³-hybridized carbons (Fsp3) is 0.400.